The minimum atomic E-state index is 0.516. The summed E-state index contributed by atoms with van der Waals surface area (Å²) in [7, 11) is 1.00. The molecule has 1 heterocycles. The van der Waals surface area contributed by atoms with Crippen molar-refractivity contribution >= 4 is 28.8 Å². The number of rotatable bonds is 5. The number of aliphatic imine (C=N–C) groups is 1. The Morgan fingerprint density at radius 3 is 2.62 bits per heavy atom. The van der Waals surface area contributed by atoms with Gasteiger partial charge in [0.25, 0.3) is 0 Å². The Morgan fingerprint density at radius 2 is 2.04 bits per heavy atom. The van der Waals surface area contributed by atoms with Crippen LogP contribution in [0.3, 0.4) is 0 Å². The van der Waals surface area contributed by atoms with E-state index in [4.69, 9.17) is 9.52 Å². The van der Waals surface area contributed by atoms with Crippen LogP contribution in [-0.2, 0) is 0 Å². The Hall–Kier alpha value is -2.73. The first-order valence-corrected chi connectivity index (χ1v) is 8.59. The maximum atomic E-state index is 10.8. The number of nitrogens with one attached hydrogen (secondary N) is 1. The highest BCUT2D eigenvalue weighted by Crippen LogP contribution is 2.21. The monoisotopic (exact) mass is 359 g/mol. The normalized spacial score (nSPS) is 11.5. The van der Waals surface area contributed by atoms with Crippen LogP contribution in [-0.4, -0.2) is 35.9 Å². The number of amidine groups is 1. The first-order valence-electron chi connectivity index (χ1n) is 8.59. The van der Waals surface area contributed by atoms with Crippen LogP contribution in [0.1, 0.15) is 50.9 Å². The fourth-order valence-corrected chi connectivity index (χ4v) is 1.90. The van der Waals surface area contributed by atoms with E-state index in [9.17, 15) is 4.79 Å². The number of aliphatic hydroxyl groups is 1. The number of carbonyl (C=O) groups excluding carboxylic acids is 1. The first kappa shape index (κ1) is 23.3. The van der Waals surface area contributed by atoms with Crippen molar-refractivity contribution in [2.75, 3.05) is 13.7 Å². The molecule has 0 atom stereocenters. The van der Waals surface area contributed by atoms with E-state index >= 15 is 0 Å². The molecule has 0 bridgehead atoms. The Kier molecular flexibility index (Phi) is 12.1. The van der Waals surface area contributed by atoms with Crippen molar-refractivity contribution < 1.29 is 14.3 Å². The number of allylic oxidation sites excluding steroid dienone is 2. The summed E-state index contributed by atoms with van der Waals surface area (Å²) >= 11 is 0. The van der Waals surface area contributed by atoms with Gasteiger partial charge in [0.15, 0.2) is 5.58 Å². The van der Waals surface area contributed by atoms with Gasteiger partial charge in [0.1, 0.15) is 17.6 Å². The highest BCUT2D eigenvalue weighted by Gasteiger charge is 2.08. The van der Waals surface area contributed by atoms with Crippen molar-refractivity contribution in [3.05, 3.63) is 48.0 Å². The number of aldehydes is 1. The second kappa shape index (κ2) is 13.5. The molecule has 0 fully saturated rings. The summed E-state index contributed by atoms with van der Waals surface area (Å²) < 4.78 is 5.69. The van der Waals surface area contributed by atoms with E-state index in [1.165, 1.54) is 0 Å². The van der Waals surface area contributed by atoms with Gasteiger partial charge in [-0.2, -0.15) is 0 Å². The zero-order chi connectivity index (χ0) is 19.9. The molecule has 6 nitrogen and oxygen atoms in total. The third-order valence-electron chi connectivity index (χ3n) is 2.98. The van der Waals surface area contributed by atoms with Crippen molar-refractivity contribution in [3.8, 4) is 0 Å². The van der Waals surface area contributed by atoms with Crippen LogP contribution in [0.15, 0.2) is 46.0 Å². The lowest BCUT2D eigenvalue weighted by molar-refractivity contribution is 0.112. The van der Waals surface area contributed by atoms with E-state index in [0.717, 1.165) is 30.3 Å². The summed E-state index contributed by atoms with van der Waals surface area (Å²) in [5.74, 6) is 1.30. The van der Waals surface area contributed by atoms with Gasteiger partial charge in [0.2, 0.25) is 5.89 Å². The summed E-state index contributed by atoms with van der Waals surface area (Å²) in [6, 6.07) is 5.18. The van der Waals surface area contributed by atoms with Gasteiger partial charge >= 0.3 is 0 Å². The maximum Gasteiger partial charge on any atom is 0.224 e. The number of carbonyl (C=O) groups is 1. The van der Waals surface area contributed by atoms with Crippen LogP contribution in [0.25, 0.3) is 16.7 Å². The van der Waals surface area contributed by atoms with E-state index < -0.39 is 0 Å². The number of hydrogen-bond acceptors (Lipinski definition) is 5. The molecule has 2 N–H and O–H groups in total. The molecule has 0 saturated carbocycles. The first-order chi connectivity index (χ1) is 12.7. The molecule has 0 saturated heterocycles. The van der Waals surface area contributed by atoms with Gasteiger partial charge in [-0.1, -0.05) is 19.9 Å². The number of oxazole rings is 1. The molecular weight excluding hydrogens is 330 g/mol. The molecule has 0 aliphatic carbocycles. The van der Waals surface area contributed by atoms with Crippen LogP contribution < -0.4 is 5.32 Å². The van der Waals surface area contributed by atoms with Gasteiger partial charge in [-0.05, 0) is 45.0 Å². The molecule has 0 radical (unpaired) electrons. The maximum absolute atomic E-state index is 10.8. The third-order valence-corrected chi connectivity index (χ3v) is 2.98. The lowest BCUT2D eigenvalue weighted by Gasteiger charge is -2.01. The lowest BCUT2D eigenvalue weighted by Crippen LogP contribution is -2.15. The molecule has 0 unspecified atom stereocenters. The highest BCUT2D eigenvalue weighted by molar-refractivity contribution is 5.94. The highest BCUT2D eigenvalue weighted by atomic mass is 16.3. The van der Waals surface area contributed by atoms with Gasteiger partial charge in [0.05, 0.1) is 0 Å². The zero-order valence-corrected chi connectivity index (χ0v) is 16.4. The van der Waals surface area contributed by atoms with Crippen LogP contribution >= 0.6 is 0 Å². The van der Waals surface area contributed by atoms with Crippen LogP contribution in [0.2, 0.25) is 0 Å². The van der Waals surface area contributed by atoms with Gasteiger partial charge in [-0.15, -0.1) is 0 Å². The molecule has 1 aromatic carbocycles. The average molecular weight is 359 g/mol. The smallest absolute Gasteiger partial charge is 0.224 e. The lowest BCUT2D eigenvalue weighted by atomic mass is 10.2. The Labute approximate surface area is 155 Å². The number of aliphatic hydroxyl groups excluding tert-OH is 1. The fraction of sp³-hybridized carbons (Fsp3) is 0.350. The van der Waals surface area contributed by atoms with Crippen LogP contribution in [0.4, 0.5) is 0 Å². The topological polar surface area (TPSA) is 87.7 Å². The summed E-state index contributed by atoms with van der Waals surface area (Å²) in [6.45, 7) is 10.5. The minimum absolute atomic E-state index is 0.516. The fourth-order valence-electron chi connectivity index (χ4n) is 1.90. The average Bonchev–Trinajstić information content (AvgIpc) is 3.12. The molecule has 6 heteroatoms. The minimum Gasteiger partial charge on any atom is -0.436 e. The van der Waals surface area contributed by atoms with Gasteiger partial charge in [-0.25, -0.2) is 4.98 Å². The summed E-state index contributed by atoms with van der Waals surface area (Å²) in [4.78, 5) is 19.5. The number of benzene rings is 1. The molecule has 2 rings (SSSR count). The molecule has 1 aromatic heterocycles. The van der Waals surface area contributed by atoms with Crippen molar-refractivity contribution in [1.29, 1.82) is 0 Å². The largest absolute Gasteiger partial charge is 0.436 e. The molecule has 0 spiro atoms. The molecule has 0 amide bonds. The quantitative estimate of drug-likeness (QED) is 0.474. The number of nitrogens with zero attached hydrogens (tertiary/aromatic N) is 2. The van der Waals surface area contributed by atoms with E-state index in [-0.39, 0.29) is 0 Å². The van der Waals surface area contributed by atoms with Crippen LogP contribution in [0.5, 0.6) is 0 Å². The van der Waals surface area contributed by atoms with Crippen molar-refractivity contribution in [2.45, 2.75) is 34.6 Å². The van der Waals surface area contributed by atoms with E-state index in [0.29, 0.717) is 23.6 Å². The second-order valence-corrected chi connectivity index (χ2v) is 4.70. The van der Waals surface area contributed by atoms with E-state index in [1.807, 2.05) is 46.8 Å². The summed E-state index contributed by atoms with van der Waals surface area (Å²) in [5.41, 5.74) is 2.74. The Balaban J connectivity index is 0.00000146. The number of fused-ring (bicyclic) bond motifs is 1. The van der Waals surface area contributed by atoms with Crippen LogP contribution in [0, 0.1) is 0 Å². The standard InChI is InChI=1S/C17H19N3O2.C2H6.CH4O/c1-4-6-16(18-5-2)19-10-12(3)17-20-14-8-7-13(11-21)9-15(14)22-17;2*1-2/h4,6-11H,5H2,1-3H3,(H,18,19);1-2H3;2H,1H3/b6-4-,12-10+;;. The van der Waals surface area contributed by atoms with Crippen molar-refractivity contribution in [1.82, 2.24) is 10.3 Å². The molecule has 0 aliphatic heterocycles. The van der Waals surface area contributed by atoms with Gasteiger partial charge < -0.3 is 14.8 Å². The zero-order valence-electron chi connectivity index (χ0n) is 16.4. The number of aromatic nitrogens is 1. The second-order valence-electron chi connectivity index (χ2n) is 4.70. The molecule has 0 aliphatic rings. The SMILES string of the molecule is C/C=C\C(=NCC)N/C=C(\C)c1nc2ccc(C=O)cc2o1.CC.CO. The van der Waals surface area contributed by atoms with E-state index in [2.05, 4.69) is 15.3 Å². The summed E-state index contributed by atoms with van der Waals surface area (Å²) in [5, 5.41) is 10.1. The number of hydrogen-bond donors (Lipinski definition) is 2. The predicted octanol–water partition coefficient (Wildman–Crippen LogP) is 4.22. The summed E-state index contributed by atoms with van der Waals surface area (Å²) in [6.07, 6.45) is 6.41. The van der Waals surface area contributed by atoms with Crippen molar-refractivity contribution in [2.24, 2.45) is 4.99 Å². The van der Waals surface area contributed by atoms with Gasteiger partial charge in [0, 0.05) is 31.0 Å². The van der Waals surface area contributed by atoms with Gasteiger partial charge in [-0.3, -0.25) is 9.79 Å². The molecule has 2 aromatic rings. The Morgan fingerprint density at radius 1 is 1.35 bits per heavy atom. The molecule has 26 heavy (non-hydrogen) atoms. The van der Waals surface area contributed by atoms with Crippen molar-refractivity contribution in [3.63, 3.8) is 0 Å². The van der Waals surface area contributed by atoms with E-state index in [1.54, 1.807) is 24.4 Å². The molecule has 142 valence electrons. The predicted molar refractivity (Wildman–Crippen MR) is 108 cm³/mol. The third kappa shape index (κ3) is 7.03. The molecular formula is C20H29N3O3. The Bertz CT molecular complexity index is 759.